The van der Waals surface area contributed by atoms with Gasteiger partial charge in [-0.15, -0.1) is 0 Å². The zero-order valence-electron chi connectivity index (χ0n) is 11.5. The molecule has 0 bridgehead atoms. The fourth-order valence-electron chi connectivity index (χ4n) is 2.67. The van der Waals surface area contributed by atoms with Crippen LogP contribution in [0.3, 0.4) is 0 Å². The molecule has 0 amide bonds. The van der Waals surface area contributed by atoms with Gasteiger partial charge in [0.25, 0.3) is 0 Å². The second-order valence-electron chi connectivity index (χ2n) is 5.67. The minimum absolute atomic E-state index is 0.458. The van der Waals surface area contributed by atoms with E-state index in [9.17, 15) is 8.42 Å². The van der Waals surface area contributed by atoms with Gasteiger partial charge in [-0.2, -0.15) is 0 Å². The minimum atomic E-state index is -3.29. The van der Waals surface area contributed by atoms with Crippen molar-refractivity contribution in [3.8, 4) is 0 Å². The summed E-state index contributed by atoms with van der Waals surface area (Å²) in [4.78, 5) is 0. The predicted octanol–water partition coefficient (Wildman–Crippen LogP) is 2.27. The molecule has 2 rings (SSSR count). The van der Waals surface area contributed by atoms with Crippen molar-refractivity contribution in [2.24, 2.45) is 0 Å². The maximum absolute atomic E-state index is 12.1. The van der Waals surface area contributed by atoms with Gasteiger partial charge in [-0.25, -0.2) is 8.42 Å². The molecular weight excluding hydrogens is 248 g/mol. The van der Waals surface area contributed by atoms with Crippen LogP contribution in [-0.2, 0) is 10.0 Å². The van der Waals surface area contributed by atoms with Gasteiger partial charge in [0.2, 0.25) is 10.0 Å². The van der Waals surface area contributed by atoms with E-state index in [1.165, 1.54) is 10.6 Å². The molecular formula is C13H20N2O2S. The highest BCUT2D eigenvalue weighted by Crippen LogP contribution is 2.40. The van der Waals surface area contributed by atoms with E-state index in [0.717, 1.165) is 22.5 Å². The summed E-state index contributed by atoms with van der Waals surface area (Å²) in [6.45, 7) is 8.45. The van der Waals surface area contributed by atoms with Gasteiger partial charge in [-0.3, -0.25) is 4.31 Å². The van der Waals surface area contributed by atoms with Crippen molar-refractivity contribution >= 4 is 21.4 Å². The Bertz CT molecular complexity index is 591. The van der Waals surface area contributed by atoms with E-state index in [0.29, 0.717) is 6.54 Å². The van der Waals surface area contributed by atoms with Crippen molar-refractivity contribution in [1.82, 2.24) is 0 Å². The van der Waals surface area contributed by atoms with E-state index in [4.69, 9.17) is 0 Å². The zero-order valence-corrected chi connectivity index (χ0v) is 12.4. The van der Waals surface area contributed by atoms with Gasteiger partial charge >= 0.3 is 0 Å². The quantitative estimate of drug-likeness (QED) is 0.850. The summed E-state index contributed by atoms with van der Waals surface area (Å²) in [6.07, 6.45) is 1.27. The molecule has 100 valence electrons. The fraction of sp³-hybridized carbons (Fsp3) is 0.538. The van der Waals surface area contributed by atoms with Gasteiger partial charge in [0.1, 0.15) is 0 Å². The highest BCUT2D eigenvalue weighted by molar-refractivity contribution is 7.92. The van der Waals surface area contributed by atoms with E-state index >= 15 is 0 Å². The standard InChI is InChI=1S/C13H20N2O2S/c1-9-6-10(2)12-11(7-9)15(18(5,16)17)13(3,4)8-14-12/h6-7,14H,8H2,1-5H3. The molecule has 1 aliphatic rings. The third kappa shape index (κ3) is 2.07. The Morgan fingerprint density at radius 3 is 2.44 bits per heavy atom. The summed E-state index contributed by atoms with van der Waals surface area (Å²) in [6, 6.07) is 3.99. The van der Waals surface area contributed by atoms with Crippen molar-refractivity contribution < 1.29 is 8.42 Å². The second kappa shape index (κ2) is 3.88. The van der Waals surface area contributed by atoms with E-state index in [2.05, 4.69) is 11.4 Å². The van der Waals surface area contributed by atoms with Crippen molar-refractivity contribution in [3.05, 3.63) is 23.3 Å². The average molecular weight is 268 g/mol. The summed E-state index contributed by atoms with van der Waals surface area (Å²) >= 11 is 0. The van der Waals surface area contributed by atoms with Crippen LogP contribution < -0.4 is 9.62 Å². The van der Waals surface area contributed by atoms with Gasteiger partial charge in [0.15, 0.2) is 0 Å². The zero-order chi connectivity index (χ0) is 13.7. The lowest BCUT2D eigenvalue weighted by molar-refractivity contribution is 0.514. The number of rotatable bonds is 1. The third-order valence-corrected chi connectivity index (χ3v) is 4.61. The average Bonchev–Trinajstić information content (AvgIpc) is 2.11. The van der Waals surface area contributed by atoms with Gasteiger partial charge in [-0.05, 0) is 44.9 Å². The molecule has 0 atom stereocenters. The Balaban J connectivity index is 2.73. The highest BCUT2D eigenvalue weighted by atomic mass is 32.2. The monoisotopic (exact) mass is 268 g/mol. The molecule has 0 fully saturated rings. The molecule has 1 heterocycles. The Morgan fingerprint density at radius 2 is 1.89 bits per heavy atom. The number of nitrogens with zero attached hydrogens (tertiary/aromatic N) is 1. The number of benzene rings is 1. The van der Waals surface area contributed by atoms with E-state index < -0.39 is 15.6 Å². The number of sulfonamides is 1. The molecule has 0 radical (unpaired) electrons. The van der Waals surface area contributed by atoms with Gasteiger partial charge < -0.3 is 5.32 Å². The number of anilines is 2. The fourth-order valence-corrected chi connectivity index (χ4v) is 4.13. The Kier molecular flexibility index (Phi) is 2.85. The first kappa shape index (κ1) is 13.2. The maximum Gasteiger partial charge on any atom is 0.232 e. The van der Waals surface area contributed by atoms with Crippen LogP contribution >= 0.6 is 0 Å². The highest BCUT2D eigenvalue weighted by Gasteiger charge is 2.39. The molecule has 1 aromatic rings. The molecule has 4 nitrogen and oxygen atoms in total. The first-order valence-electron chi connectivity index (χ1n) is 5.98. The molecule has 1 aromatic carbocycles. The molecule has 1 N–H and O–H groups in total. The number of hydrogen-bond donors (Lipinski definition) is 1. The first-order valence-corrected chi connectivity index (χ1v) is 7.83. The number of hydrogen-bond acceptors (Lipinski definition) is 3. The Morgan fingerprint density at radius 1 is 1.28 bits per heavy atom. The topological polar surface area (TPSA) is 49.4 Å². The largest absolute Gasteiger partial charge is 0.381 e. The lowest BCUT2D eigenvalue weighted by Gasteiger charge is -2.44. The first-order chi connectivity index (χ1) is 8.13. The van der Waals surface area contributed by atoms with Crippen molar-refractivity contribution in [3.63, 3.8) is 0 Å². The normalized spacial score (nSPS) is 18.2. The molecule has 0 saturated heterocycles. The summed E-state index contributed by atoms with van der Waals surface area (Å²) in [7, 11) is -3.29. The molecule has 0 aliphatic carbocycles. The van der Waals surface area contributed by atoms with E-state index in [1.54, 1.807) is 0 Å². The third-order valence-electron chi connectivity index (χ3n) is 3.26. The summed E-state index contributed by atoms with van der Waals surface area (Å²) in [5, 5.41) is 3.34. The number of aryl methyl sites for hydroxylation is 2. The minimum Gasteiger partial charge on any atom is -0.381 e. The molecule has 0 aromatic heterocycles. The van der Waals surface area contributed by atoms with Crippen LogP contribution in [0.2, 0.25) is 0 Å². The summed E-state index contributed by atoms with van der Waals surface area (Å²) in [5.41, 5.74) is 3.37. The molecule has 0 unspecified atom stereocenters. The van der Waals surface area contributed by atoms with E-state index in [-0.39, 0.29) is 0 Å². The van der Waals surface area contributed by atoms with Crippen molar-refractivity contribution in [1.29, 1.82) is 0 Å². The lowest BCUT2D eigenvalue weighted by atomic mass is 9.98. The van der Waals surface area contributed by atoms with Crippen LogP contribution in [0.15, 0.2) is 12.1 Å². The van der Waals surface area contributed by atoms with Crippen LogP contribution in [0.25, 0.3) is 0 Å². The second-order valence-corrected chi connectivity index (χ2v) is 7.50. The smallest absolute Gasteiger partial charge is 0.232 e. The molecule has 0 saturated carbocycles. The maximum atomic E-state index is 12.1. The molecule has 5 heteroatoms. The van der Waals surface area contributed by atoms with Crippen molar-refractivity contribution in [2.75, 3.05) is 22.4 Å². The van der Waals surface area contributed by atoms with Gasteiger partial charge in [0.05, 0.1) is 23.2 Å². The SMILES string of the molecule is Cc1cc(C)c2c(c1)N(S(C)(=O)=O)C(C)(C)CN2. The van der Waals surface area contributed by atoms with Gasteiger partial charge in [0, 0.05) is 6.54 Å². The number of fused-ring (bicyclic) bond motifs is 1. The van der Waals surface area contributed by atoms with Crippen molar-refractivity contribution in [2.45, 2.75) is 33.2 Å². The van der Waals surface area contributed by atoms with Crippen LogP contribution in [0.1, 0.15) is 25.0 Å². The number of nitrogens with one attached hydrogen (secondary N) is 1. The van der Waals surface area contributed by atoms with Crippen LogP contribution in [0.4, 0.5) is 11.4 Å². The van der Waals surface area contributed by atoms with E-state index in [1.807, 2.05) is 33.8 Å². The summed E-state index contributed by atoms with van der Waals surface area (Å²) in [5.74, 6) is 0. The Labute approximate surface area is 109 Å². The summed E-state index contributed by atoms with van der Waals surface area (Å²) < 4.78 is 25.7. The lowest BCUT2D eigenvalue weighted by Crippen LogP contribution is -2.54. The molecule has 0 spiro atoms. The van der Waals surface area contributed by atoms with Crippen LogP contribution in [0, 0.1) is 13.8 Å². The molecule has 1 aliphatic heterocycles. The molecule has 18 heavy (non-hydrogen) atoms. The van der Waals surface area contributed by atoms with Gasteiger partial charge in [-0.1, -0.05) is 6.07 Å². The predicted molar refractivity (Wildman–Crippen MR) is 75.8 cm³/mol. The van der Waals surface area contributed by atoms with Crippen LogP contribution in [-0.4, -0.2) is 26.8 Å². The van der Waals surface area contributed by atoms with Crippen LogP contribution in [0.5, 0.6) is 0 Å². The Hall–Kier alpha value is -1.23.